The van der Waals surface area contributed by atoms with Gasteiger partial charge in [0.25, 0.3) is 0 Å². The van der Waals surface area contributed by atoms with Gasteiger partial charge in [-0.15, -0.1) is 24.0 Å². The maximum atomic E-state index is 5.70. The molecular formula is C14H24IN3O2. The second-order valence-corrected chi connectivity index (χ2v) is 4.07. The highest BCUT2D eigenvalue weighted by Crippen LogP contribution is 2.18. The standard InChI is InChI=1S/C14H23N3O2.HI/c1-3-4-8-16-14(15)17-9-10-19-13-7-5-6-12(11-13)18-2;/h5-7,11H,3-4,8-10H2,1-2H3,(H3,15,16,17);1H. The first-order chi connectivity index (χ1) is 9.26. The Morgan fingerprint density at radius 1 is 1.35 bits per heavy atom. The van der Waals surface area contributed by atoms with Crippen molar-refractivity contribution in [2.75, 3.05) is 26.8 Å². The number of benzene rings is 1. The minimum atomic E-state index is 0. The summed E-state index contributed by atoms with van der Waals surface area (Å²) in [5, 5.41) is 3.01. The zero-order chi connectivity index (χ0) is 13.9. The Morgan fingerprint density at radius 2 is 2.10 bits per heavy atom. The van der Waals surface area contributed by atoms with Crippen LogP contribution in [0.2, 0.25) is 0 Å². The van der Waals surface area contributed by atoms with Gasteiger partial charge in [-0.2, -0.15) is 0 Å². The predicted octanol–water partition coefficient (Wildman–Crippen LogP) is 2.40. The molecule has 0 radical (unpaired) electrons. The lowest BCUT2D eigenvalue weighted by Gasteiger charge is -2.09. The zero-order valence-corrected chi connectivity index (χ0v) is 14.4. The molecule has 0 unspecified atom stereocenters. The normalized spacial score (nSPS) is 10.6. The van der Waals surface area contributed by atoms with Crippen LogP contribution < -0.4 is 20.5 Å². The van der Waals surface area contributed by atoms with Crippen LogP contribution in [0.25, 0.3) is 0 Å². The van der Waals surface area contributed by atoms with Crippen molar-refractivity contribution >= 4 is 29.9 Å². The fraction of sp³-hybridized carbons (Fsp3) is 0.500. The van der Waals surface area contributed by atoms with E-state index in [-0.39, 0.29) is 24.0 Å². The van der Waals surface area contributed by atoms with Crippen LogP contribution in [0.15, 0.2) is 29.3 Å². The number of nitrogens with one attached hydrogen (secondary N) is 1. The van der Waals surface area contributed by atoms with Gasteiger partial charge < -0.3 is 20.5 Å². The van der Waals surface area contributed by atoms with Gasteiger partial charge in [-0.05, 0) is 18.6 Å². The number of rotatable bonds is 8. The number of aliphatic imine (C=N–C) groups is 1. The summed E-state index contributed by atoms with van der Waals surface area (Å²) in [5.41, 5.74) is 5.70. The molecule has 0 fully saturated rings. The largest absolute Gasteiger partial charge is 0.497 e. The molecule has 0 aliphatic carbocycles. The lowest BCUT2D eigenvalue weighted by molar-refractivity contribution is 0.319. The molecule has 3 N–H and O–H groups in total. The predicted molar refractivity (Wildman–Crippen MR) is 93.3 cm³/mol. The van der Waals surface area contributed by atoms with Crippen molar-refractivity contribution in [2.45, 2.75) is 19.8 Å². The molecule has 1 aromatic carbocycles. The summed E-state index contributed by atoms with van der Waals surface area (Å²) in [4.78, 5) is 4.19. The molecular weight excluding hydrogens is 369 g/mol. The van der Waals surface area contributed by atoms with E-state index in [1.807, 2.05) is 24.3 Å². The van der Waals surface area contributed by atoms with Crippen molar-refractivity contribution in [1.82, 2.24) is 5.32 Å². The van der Waals surface area contributed by atoms with Crippen LogP contribution in [0.5, 0.6) is 11.5 Å². The molecule has 0 amide bonds. The zero-order valence-electron chi connectivity index (χ0n) is 12.1. The summed E-state index contributed by atoms with van der Waals surface area (Å²) in [7, 11) is 1.63. The number of nitrogens with two attached hydrogens (primary N) is 1. The highest BCUT2D eigenvalue weighted by atomic mass is 127. The van der Waals surface area contributed by atoms with E-state index in [0.29, 0.717) is 19.1 Å². The molecule has 0 bridgehead atoms. The summed E-state index contributed by atoms with van der Waals surface area (Å²) >= 11 is 0. The molecule has 0 aliphatic rings. The topological polar surface area (TPSA) is 68.9 Å². The summed E-state index contributed by atoms with van der Waals surface area (Å²) in [6.45, 7) is 4.04. The molecule has 5 nitrogen and oxygen atoms in total. The van der Waals surface area contributed by atoms with Crippen molar-refractivity contribution in [1.29, 1.82) is 0 Å². The number of nitrogens with zero attached hydrogens (tertiary/aromatic N) is 1. The molecule has 0 aliphatic heterocycles. The molecule has 0 heterocycles. The van der Waals surface area contributed by atoms with Gasteiger partial charge in [0.1, 0.15) is 18.1 Å². The molecule has 0 saturated heterocycles. The van der Waals surface area contributed by atoms with Gasteiger partial charge in [0.2, 0.25) is 0 Å². The Morgan fingerprint density at radius 3 is 2.80 bits per heavy atom. The van der Waals surface area contributed by atoms with Gasteiger partial charge in [0.15, 0.2) is 5.96 Å². The van der Waals surface area contributed by atoms with Gasteiger partial charge in [-0.3, -0.25) is 4.99 Å². The van der Waals surface area contributed by atoms with Gasteiger partial charge in [-0.25, -0.2) is 0 Å². The molecule has 1 rings (SSSR count). The molecule has 0 aromatic heterocycles. The molecule has 0 spiro atoms. The van der Waals surface area contributed by atoms with Crippen LogP contribution >= 0.6 is 24.0 Å². The number of unbranched alkanes of at least 4 members (excludes halogenated alkanes) is 1. The van der Waals surface area contributed by atoms with Gasteiger partial charge in [0.05, 0.1) is 13.7 Å². The minimum absolute atomic E-state index is 0. The highest BCUT2D eigenvalue weighted by molar-refractivity contribution is 14.0. The third kappa shape index (κ3) is 8.08. The molecule has 6 heteroatoms. The number of hydrogen-bond donors (Lipinski definition) is 2. The molecule has 20 heavy (non-hydrogen) atoms. The number of halogens is 1. The Labute approximate surface area is 138 Å². The minimum Gasteiger partial charge on any atom is -0.497 e. The van der Waals surface area contributed by atoms with Crippen LogP contribution in [0.3, 0.4) is 0 Å². The lowest BCUT2D eigenvalue weighted by Crippen LogP contribution is -2.34. The van der Waals surface area contributed by atoms with Crippen LogP contribution in [-0.4, -0.2) is 32.8 Å². The van der Waals surface area contributed by atoms with E-state index in [0.717, 1.165) is 30.9 Å². The second-order valence-electron chi connectivity index (χ2n) is 4.07. The highest BCUT2D eigenvalue weighted by Gasteiger charge is 1.97. The van der Waals surface area contributed by atoms with Crippen molar-refractivity contribution < 1.29 is 9.47 Å². The second kappa shape index (κ2) is 11.6. The average Bonchev–Trinajstić information content (AvgIpc) is 2.44. The molecule has 1 aromatic rings. The Hall–Kier alpha value is -1.18. The van der Waals surface area contributed by atoms with Crippen molar-refractivity contribution in [3.8, 4) is 11.5 Å². The third-order valence-electron chi connectivity index (χ3n) is 2.51. The van der Waals surface area contributed by atoms with Crippen molar-refractivity contribution in [3.63, 3.8) is 0 Å². The number of hydrogen-bond acceptors (Lipinski definition) is 3. The lowest BCUT2D eigenvalue weighted by atomic mass is 10.3. The fourth-order valence-electron chi connectivity index (χ4n) is 1.45. The van der Waals surface area contributed by atoms with Gasteiger partial charge >= 0.3 is 0 Å². The summed E-state index contributed by atoms with van der Waals surface area (Å²) in [6, 6.07) is 7.51. The fourth-order valence-corrected chi connectivity index (χ4v) is 1.45. The Kier molecular flexibility index (Phi) is 10.9. The molecule has 114 valence electrons. The summed E-state index contributed by atoms with van der Waals surface area (Å²) in [6.07, 6.45) is 2.18. The maximum absolute atomic E-state index is 5.70. The van der Waals surface area contributed by atoms with E-state index in [2.05, 4.69) is 17.2 Å². The summed E-state index contributed by atoms with van der Waals surface area (Å²) < 4.78 is 10.7. The van der Waals surface area contributed by atoms with Crippen molar-refractivity contribution in [3.05, 3.63) is 24.3 Å². The van der Waals surface area contributed by atoms with Crippen LogP contribution in [0, 0.1) is 0 Å². The SMILES string of the molecule is CCCCN=C(N)NCCOc1cccc(OC)c1.I. The van der Waals surface area contributed by atoms with Crippen molar-refractivity contribution in [2.24, 2.45) is 10.7 Å². The number of ether oxygens (including phenoxy) is 2. The quantitative estimate of drug-likeness (QED) is 0.308. The average molecular weight is 393 g/mol. The van der Waals surface area contributed by atoms with E-state index in [1.54, 1.807) is 7.11 Å². The van der Waals surface area contributed by atoms with E-state index < -0.39 is 0 Å². The smallest absolute Gasteiger partial charge is 0.188 e. The summed E-state index contributed by atoms with van der Waals surface area (Å²) in [5.74, 6) is 2.04. The first-order valence-corrected chi connectivity index (χ1v) is 6.57. The van der Waals surface area contributed by atoms with E-state index in [9.17, 15) is 0 Å². The van der Waals surface area contributed by atoms with Crippen LogP contribution in [0.1, 0.15) is 19.8 Å². The first kappa shape index (κ1) is 18.8. The van der Waals surface area contributed by atoms with Gasteiger partial charge in [0, 0.05) is 12.6 Å². The Balaban J connectivity index is 0.00000361. The van der Waals surface area contributed by atoms with Gasteiger partial charge in [-0.1, -0.05) is 19.4 Å². The van der Waals surface area contributed by atoms with E-state index >= 15 is 0 Å². The van der Waals surface area contributed by atoms with E-state index in [1.165, 1.54) is 0 Å². The van der Waals surface area contributed by atoms with Crippen LogP contribution in [0.4, 0.5) is 0 Å². The number of guanidine groups is 1. The first-order valence-electron chi connectivity index (χ1n) is 6.57. The van der Waals surface area contributed by atoms with E-state index in [4.69, 9.17) is 15.2 Å². The molecule has 0 saturated carbocycles. The third-order valence-corrected chi connectivity index (χ3v) is 2.51. The maximum Gasteiger partial charge on any atom is 0.188 e. The number of methoxy groups -OCH3 is 1. The Bertz CT molecular complexity index is 400. The monoisotopic (exact) mass is 393 g/mol. The van der Waals surface area contributed by atoms with Crippen LogP contribution in [-0.2, 0) is 0 Å². The molecule has 0 atom stereocenters.